The summed E-state index contributed by atoms with van der Waals surface area (Å²) in [6.07, 6.45) is 3.26. The van der Waals surface area contributed by atoms with E-state index < -0.39 is 0 Å². The zero-order valence-electron chi connectivity index (χ0n) is 12.0. The van der Waals surface area contributed by atoms with Crippen LogP contribution in [0.4, 0.5) is 5.69 Å². The van der Waals surface area contributed by atoms with Crippen LogP contribution < -0.4 is 11.1 Å². The molecule has 19 heavy (non-hydrogen) atoms. The molecule has 0 aromatic heterocycles. The summed E-state index contributed by atoms with van der Waals surface area (Å²) in [5.41, 5.74) is 7.06. The van der Waals surface area contributed by atoms with Gasteiger partial charge in [-0.3, -0.25) is 0 Å². The molecule has 108 valence electrons. The van der Waals surface area contributed by atoms with Gasteiger partial charge in [-0.15, -0.1) is 0 Å². The van der Waals surface area contributed by atoms with E-state index in [1.807, 2.05) is 18.2 Å². The van der Waals surface area contributed by atoms with Gasteiger partial charge >= 0.3 is 0 Å². The van der Waals surface area contributed by atoms with Crippen molar-refractivity contribution in [2.24, 2.45) is 11.7 Å². The van der Waals surface area contributed by atoms with Gasteiger partial charge in [-0.05, 0) is 52.9 Å². The second kappa shape index (κ2) is 7.51. The van der Waals surface area contributed by atoms with Crippen molar-refractivity contribution in [3.8, 4) is 0 Å². The van der Waals surface area contributed by atoms with Gasteiger partial charge in [0.1, 0.15) is 0 Å². The molecule has 0 aliphatic rings. The zero-order valence-corrected chi connectivity index (χ0v) is 14.3. The molecule has 3 N–H and O–H groups in total. The molecule has 0 amide bonds. The Morgan fingerprint density at radius 3 is 2.58 bits per heavy atom. The van der Waals surface area contributed by atoms with Crippen molar-refractivity contribution in [1.82, 2.24) is 0 Å². The highest BCUT2D eigenvalue weighted by Gasteiger charge is 2.28. The first kappa shape index (κ1) is 16.8. The van der Waals surface area contributed by atoms with Gasteiger partial charge in [0, 0.05) is 22.2 Å². The maximum absolute atomic E-state index is 6.04. The lowest BCUT2D eigenvalue weighted by Crippen LogP contribution is -2.46. The number of rotatable bonds is 7. The number of hydrogen-bond donors (Lipinski definition) is 2. The number of benzene rings is 1. The molecule has 1 rings (SSSR count). The quantitative estimate of drug-likeness (QED) is 0.723. The van der Waals surface area contributed by atoms with E-state index in [1.54, 1.807) is 0 Å². The molecule has 2 atom stereocenters. The van der Waals surface area contributed by atoms with Crippen molar-refractivity contribution < 1.29 is 0 Å². The van der Waals surface area contributed by atoms with Crippen LogP contribution in [-0.4, -0.2) is 12.1 Å². The monoisotopic (exact) mass is 346 g/mol. The van der Waals surface area contributed by atoms with Crippen LogP contribution >= 0.6 is 27.5 Å². The molecule has 2 unspecified atom stereocenters. The molecule has 0 spiro atoms. The summed E-state index contributed by atoms with van der Waals surface area (Å²) in [4.78, 5) is 0. The van der Waals surface area contributed by atoms with Crippen molar-refractivity contribution in [2.45, 2.75) is 45.6 Å². The predicted octanol–water partition coefficient (Wildman–Crippen LogP) is 5.06. The minimum Gasteiger partial charge on any atom is -0.378 e. The molecule has 1 aromatic carbocycles. The Morgan fingerprint density at radius 2 is 2.11 bits per heavy atom. The standard InChI is InChI=1S/C15H24BrClN2/c1-4-11(3)9-15(5-2,10-18)19-12-6-7-14(17)13(16)8-12/h6-8,11,19H,4-5,9-10,18H2,1-3H3. The Balaban J connectivity index is 2.90. The van der Waals surface area contributed by atoms with Gasteiger partial charge in [0.15, 0.2) is 0 Å². The van der Waals surface area contributed by atoms with Crippen molar-refractivity contribution >= 4 is 33.2 Å². The van der Waals surface area contributed by atoms with Gasteiger partial charge < -0.3 is 11.1 Å². The first-order chi connectivity index (χ1) is 8.96. The van der Waals surface area contributed by atoms with Crippen molar-refractivity contribution in [3.05, 3.63) is 27.7 Å². The van der Waals surface area contributed by atoms with Gasteiger partial charge in [0.25, 0.3) is 0 Å². The SMILES string of the molecule is CCC(C)CC(CC)(CN)Nc1ccc(Cl)c(Br)c1. The number of halogens is 2. The van der Waals surface area contributed by atoms with Crippen LogP contribution in [0.25, 0.3) is 0 Å². The Hall–Kier alpha value is -0.250. The molecular weight excluding hydrogens is 324 g/mol. The lowest BCUT2D eigenvalue weighted by Gasteiger charge is -2.36. The molecular formula is C15H24BrClN2. The fourth-order valence-electron chi connectivity index (χ4n) is 2.25. The van der Waals surface area contributed by atoms with Crippen LogP contribution in [0, 0.1) is 5.92 Å². The van der Waals surface area contributed by atoms with Gasteiger partial charge in [0.05, 0.1) is 5.02 Å². The van der Waals surface area contributed by atoms with Crippen LogP contribution in [-0.2, 0) is 0 Å². The van der Waals surface area contributed by atoms with Crippen LogP contribution in [0.5, 0.6) is 0 Å². The van der Waals surface area contributed by atoms with Crippen molar-refractivity contribution in [1.29, 1.82) is 0 Å². The average Bonchev–Trinajstić information content (AvgIpc) is 2.42. The highest BCUT2D eigenvalue weighted by Crippen LogP contribution is 2.30. The van der Waals surface area contributed by atoms with Crippen LogP contribution in [0.3, 0.4) is 0 Å². The van der Waals surface area contributed by atoms with Crippen molar-refractivity contribution in [2.75, 3.05) is 11.9 Å². The normalized spacial score (nSPS) is 15.9. The molecule has 0 aliphatic heterocycles. The summed E-state index contributed by atoms with van der Waals surface area (Å²) in [6, 6.07) is 5.91. The summed E-state index contributed by atoms with van der Waals surface area (Å²) in [5, 5.41) is 4.34. The third-order valence-electron chi connectivity index (χ3n) is 3.83. The predicted molar refractivity (Wildman–Crippen MR) is 88.9 cm³/mol. The summed E-state index contributed by atoms with van der Waals surface area (Å²) in [6.45, 7) is 7.32. The largest absolute Gasteiger partial charge is 0.378 e. The number of nitrogens with two attached hydrogens (primary N) is 1. The molecule has 0 fully saturated rings. The second-order valence-electron chi connectivity index (χ2n) is 5.31. The van der Waals surface area contributed by atoms with Crippen LogP contribution in [0.2, 0.25) is 5.02 Å². The Labute approximate surface area is 130 Å². The van der Waals surface area contributed by atoms with E-state index in [0.717, 1.165) is 28.0 Å². The van der Waals surface area contributed by atoms with Crippen LogP contribution in [0.15, 0.2) is 22.7 Å². The van der Waals surface area contributed by atoms with E-state index in [9.17, 15) is 0 Å². The minimum atomic E-state index is -0.0390. The minimum absolute atomic E-state index is 0.0390. The highest BCUT2D eigenvalue weighted by atomic mass is 79.9. The maximum Gasteiger partial charge on any atom is 0.0549 e. The van der Waals surface area contributed by atoms with E-state index in [0.29, 0.717) is 12.5 Å². The van der Waals surface area contributed by atoms with Gasteiger partial charge in [-0.2, -0.15) is 0 Å². The Bertz CT molecular complexity index is 405. The summed E-state index contributed by atoms with van der Waals surface area (Å²) in [5.74, 6) is 0.659. The van der Waals surface area contributed by atoms with E-state index >= 15 is 0 Å². The van der Waals surface area contributed by atoms with Crippen LogP contribution in [0.1, 0.15) is 40.0 Å². The van der Waals surface area contributed by atoms with Crippen molar-refractivity contribution in [3.63, 3.8) is 0 Å². The summed E-state index contributed by atoms with van der Waals surface area (Å²) >= 11 is 9.49. The third-order valence-corrected chi connectivity index (χ3v) is 5.05. The van der Waals surface area contributed by atoms with Gasteiger partial charge in [-0.25, -0.2) is 0 Å². The zero-order chi connectivity index (χ0) is 14.5. The Kier molecular flexibility index (Phi) is 6.64. The van der Waals surface area contributed by atoms with Gasteiger partial charge in [-0.1, -0.05) is 38.8 Å². The third kappa shape index (κ3) is 4.66. The molecule has 0 radical (unpaired) electrons. The van der Waals surface area contributed by atoms with Gasteiger partial charge in [0.2, 0.25) is 0 Å². The van der Waals surface area contributed by atoms with E-state index in [2.05, 4.69) is 42.0 Å². The molecule has 2 nitrogen and oxygen atoms in total. The smallest absolute Gasteiger partial charge is 0.0549 e. The first-order valence-electron chi connectivity index (χ1n) is 6.89. The van der Waals surface area contributed by atoms with E-state index in [-0.39, 0.29) is 5.54 Å². The molecule has 4 heteroatoms. The lowest BCUT2D eigenvalue weighted by molar-refractivity contribution is 0.346. The topological polar surface area (TPSA) is 38.0 Å². The fraction of sp³-hybridized carbons (Fsp3) is 0.600. The number of nitrogens with one attached hydrogen (secondary N) is 1. The average molecular weight is 348 g/mol. The van der Waals surface area contributed by atoms with E-state index in [4.69, 9.17) is 17.3 Å². The molecule has 0 saturated carbocycles. The number of hydrogen-bond acceptors (Lipinski definition) is 2. The number of anilines is 1. The summed E-state index contributed by atoms with van der Waals surface area (Å²) < 4.78 is 0.907. The fourth-order valence-corrected chi connectivity index (χ4v) is 2.75. The molecule has 0 saturated heterocycles. The highest BCUT2D eigenvalue weighted by molar-refractivity contribution is 9.10. The van der Waals surface area contributed by atoms with E-state index in [1.165, 1.54) is 6.42 Å². The molecule has 0 bridgehead atoms. The molecule has 0 heterocycles. The Morgan fingerprint density at radius 1 is 1.42 bits per heavy atom. The second-order valence-corrected chi connectivity index (χ2v) is 6.57. The summed E-state index contributed by atoms with van der Waals surface area (Å²) in [7, 11) is 0. The lowest BCUT2D eigenvalue weighted by atomic mass is 9.84. The molecule has 1 aromatic rings. The molecule has 0 aliphatic carbocycles. The first-order valence-corrected chi connectivity index (χ1v) is 8.06. The maximum atomic E-state index is 6.04.